The molecule has 3 rings (SSSR count). The third-order valence-corrected chi connectivity index (χ3v) is 4.37. The molecule has 0 bridgehead atoms. The van der Waals surface area contributed by atoms with Crippen molar-refractivity contribution in [3.05, 3.63) is 95.6 Å². The molecule has 0 radical (unpaired) electrons. The van der Waals surface area contributed by atoms with E-state index in [-0.39, 0.29) is 11.1 Å². The first-order valence-corrected chi connectivity index (χ1v) is 9.45. The van der Waals surface area contributed by atoms with Gasteiger partial charge in [-0.3, -0.25) is 4.79 Å². The van der Waals surface area contributed by atoms with Gasteiger partial charge < -0.3 is 9.47 Å². The molecule has 0 heterocycles. The van der Waals surface area contributed by atoms with E-state index in [4.69, 9.17) is 9.47 Å². The van der Waals surface area contributed by atoms with Gasteiger partial charge in [0, 0.05) is 5.56 Å². The summed E-state index contributed by atoms with van der Waals surface area (Å²) in [4.78, 5) is 12.0. The molecule has 3 aromatic rings. The number of hydrogen-bond acceptors (Lipinski definition) is 3. The number of alkyl halides is 1. The fourth-order valence-corrected chi connectivity index (χ4v) is 2.79. The molecule has 0 N–H and O–H groups in total. The standard InChI is InChI=1S/C22H19BrO3/c23-14-20(24)19-11-12-21(25-15-17-7-3-1-4-8-17)22(13-19)26-16-18-9-5-2-6-10-18/h1-13H,14-16H2. The Bertz CT molecular complexity index is 848. The molecule has 0 aliphatic heterocycles. The van der Waals surface area contributed by atoms with Gasteiger partial charge in [-0.1, -0.05) is 76.6 Å². The van der Waals surface area contributed by atoms with Crippen molar-refractivity contribution in [1.29, 1.82) is 0 Å². The first-order valence-electron chi connectivity index (χ1n) is 8.33. The number of hydrogen-bond donors (Lipinski definition) is 0. The van der Waals surface area contributed by atoms with E-state index >= 15 is 0 Å². The molecule has 0 saturated carbocycles. The van der Waals surface area contributed by atoms with Crippen molar-refractivity contribution in [2.24, 2.45) is 0 Å². The van der Waals surface area contributed by atoms with Crippen molar-refractivity contribution in [3.63, 3.8) is 0 Å². The van der Waals surface area contributed by atoms with Crippen LogP contribution in [0.15, 0.2) is 78.9 Å². The summed E-state index contributed by atoms with van der Waals surface area (Å²) in [6.45, 7) is 0.850. The lowest BCUT2D eigenvalue weighted by molar-refractivity contribution is 0.102. The maximum absolute atomic E-state index is 12.0. The molecule has 0 spiro atoms. The Kier molecular flexibility index (Phi) is 6.45. The lowest BCUT2D eigenvalue weighted by Crippen LogP contribution is -2.04. The molecule has 0 aromatic heterocycles. The Labute approximate surface area is 161 Å². The summed E-state index contributed by atoms with van der Waals surface area (Å²) in [5, 5.41) is 0.273. The first-order chi connectivity index (χ1) is 12.8. The predicted octanol–water partition coefficient (Wildman–Crippen LogP) is 5.42. The van der Waals surface area contributed by atoms with Crippen LogP contribution in [0.2, 0.25) is 0 Å². The van der Waals surface area contributed by atoms with Crippen LogP contribution >= 0.6 is 15.9 Å². The van der Waals surface area contributed by atoms with Gasteiger partial charge >= 0.3 is 0 Å². The van der Waals surface area contributed by atoms with Crippen LogP contribution < -0.4 is 9.47 Å². The maximum atomic E-state index is 12.0. The summed E-state index contributed by atoms with van der Waals surface area (Å²) in [6.07, 6.45) is 0. The molecular weight excluding hydrogens is 392 g/mol. The Morgan fingerprint density at radius 2 is 1.27 bits per heavy atom. The quantitative estimate of drug-likeness (QED) is 0.367. The van der Waals surface area contributed by atoms with Crippen LogP contribution in [0.25, 0.3) is 0 Å². The van der Waals surface area contributed by atoms with Gasteiger partial charge in [0.15, 0.2) is 17.3 Å². The monoisotopic (exact) mass is 410 g/mol. The molecule has 0 aliphatic rings. The third-order valence-electron chi connectivity index (χ3n) is 3.86. The van der Waals surface area contributed by atoms with Crippen LogP contribution in [0, 0.1) is 0 Å². The molecule has 0 amide bonds. The lowest BCUT2D eigenvalue weighted by Gasteiger charge is -2.14. The van der Waals surface area contributed by atoms with Crippen LogP contribution in [0.3, 0.4) is 0 Å². The Balaban J connectivity index is 1.78. The Hall–Kier alpha value is -2.59. The number of benzene rings is 3. The number of ketones is 1. The van der Waals surface area contributed by atoms with E-state index in [1.54, 1.807) is 18.2 Å². The van der Waals surface area contributed by atoms with Crippen LogP contribution in [0.1, 0.15) is 21.5 Å². The zero-order chi connectivity index (χ0) is 18.2. The van der Waals surface area contributed by atoms with Crippen molar-refractivity contribution in [3.8, 4) is 11.5 Å². The van der Waals surface area contributed by atoms with E-state index in [1.807, 2.05) is 60.7 Å². The van der Waals surface area contributed by atoms with Crippen LogP contribution in [-0.2, 0) is 13.2 Å². The summed E-state index contributed by atoms with van der Waals surface area (Å²) in [7, 11) is 0. The highest BCUT2D eigenvalue weighted by atomic mass is 79.9. The smallest absolute Gasteiger partial charge is 0.173 e. The summed E-state index contributed by atoms with van der Waals surface area (Å²) >= 11 is 3.21. The molecule has 0 unspecified atom stereocenters. The summed E-state index contributed by atoms with van der Waals surface area (Å²) in [5.74, 6) is 1.19. The summed E-state index contributed by atoms with van der Waals surface area (Å²) in [5.41, 5.74) is 2.72. The molecular formula is C22H19BrO3. The van der Waals surface area contributed by atoms with Gasteiger partial charge in [-0.05, 0) is 29.3 Å². The minimum absolute atomic E-state index is 0.00386. The molecule has 0 atom stereocenters. The number of carbonyl (C=O) groups excluding carboxylic acids is 1. The number of Topliss-reactive ketones (excluding diaryl/α,β-unsaturated/α-hetero) is 1. The fourth-order valence-electron chi connectivity index (χ4n) is 2.46. The van der Waals surface area contributed by atoms with Crippen LogP contribution in [0.4, 0.5) is 0 Å². The molecule has 4 heteroatoms. The average Bonchev–Trinajstić information content (AvgIpc) is 2.72. The minimum atomic E-state index is 0.00386. The van der Waals surface area contributed by atoms with Gasteiger partial charge in [0.2, 0.25) is 0 Å². The highest BCUT2D eigenvalue weighted by molar-refractivity contribution is 9.09. The largest absolute Gasteiger partial charge is 0.485 e. The van der Waals surface area contributed by atoms with Crippen LogP contribution in [0.5, 0.6) is 11.5 Å². The number of halogens is 1. The highest BCUT2D eigenvalue weighted by Gasteiger charge is 2.12. The van der Waals surface area contributed by atoms with E-state index in [0.717, 1.165) is 11.1 Å². The third kappa shape index (κ3) is 4.96. The Morgan fingerprint density at radius 3 is 1.81 bits per heavy atom. The van der Waals surface area contributed by atoms with Gasteiger partial charge in [-0.25, -0.2) is 0 Å². The molecule has 0 saturated heterocycles. The molecule has 3 aromatic carbocycles. The van der Waals surface area contributed by atoms with Gasteiger partial charge in [-0.2, -0.15) is 0 Å². The Morgan fingerprint density at radius 1 is 0.731 bits per heavy atom. The number of rotatable bonds is 8. The van der Waals surface area contributed by atoms with E-state index in [9.17, 15) is 4.79 Å². The second-order valence-corrected chi connectivity index (χ2v) is 6.33. The van der Waals surface area contributed by atoms with E-state index in [2.05, 4.69) is 15.9 Å². The lowest BCUT2D eigenvalue weighted by atomic mass is 10.1. The van der Waals surface area contributed by atoms with Crippen molar-refractivity contribution in [2.45, 2.75) is 13.2 Å². The molecule has 3 nitrogen and oxygen atoms in total. The summed E-state index contributed by atoms with van der Waals surface area (Å²) in [6, 6.07) is 25.1. The minimum Gasteiger partial charge on any atom is -0.485 e. The number of ether oxygens (including phenoxy) is 2. The summed E-state index contributed by atoms with van der Waals surface area (Å²) < 4.78 is 11.9. The fraction of sp³-hybridized carbons (Fsp3) is 0.136. The zero-order valence-corrected chi connectivity index (χ0v) is 15.8. The van der Waals surface area contributed by atoms with E-state index in [0.29, 0.717) is 30.3 Å². The average molecular weight is 411 g/mol. The van der Waals surface area contributed by atoms with Gasteiger partial charge in [0.1, 0.15) is 13.2 Å². The maximum Gasteiger partial charge on any atom is 0.173 e. The molecule has 26 heavy (non-hydrogen) atoms. The van der Waals surface area contributed by atoms with Crippen molar-refractivity contribution >= 4 is 21.7 Å². The number of carbonyl (C=O) groups is 1. The topological polar surface area (TPSA) is 35.5 Å². The molecule has 0 fully saturated rings. The molecule has 132 valence electrons. The van der Waals surface area contributed by atoms with E-state index in [1.165, 1.54) is 0 Å². The van der Waals surface area contributed by atoms with E-state index < -0.39 is 0 Å². The van der Waals surface area contributed by atoms with Gasteiger partial charge in [-0.15, -0.1) is 0 Å². The van der Waals surface area contributed by atoms with Crippen molar-refractivity contribution in [1.82, 2.24) is 0 Å². The van der Waals surface area contributed by atoms with Gasteiger partial charge in [0.05, 0.1) is 5.33 Å². The first kappa shape index (κ1) is 18.2. The normalized spacial score (nSPS) is 10.3. The molecule has 0 aliphatic carbocycles. The highest BCUT2D eigenvalue weighted by Crippen LogP contribution is 2.30. The van der Waals surface area contributed by atoms with Crippen molar-refractivity contribution in [2.75, 3.05) is 5.33 Å². The second kappa shape index (κ2) is 9.20. The van der Waals surface area contributed by atoms with Crippen LogP contribution in [-0.4, -0.2) is 11.1 Å². The predicted molar refractivity (Wildman–Crippen MR) is 106 cm³/mol. The van der Waals surface area contributed by atoms with Gasteiger partial charge in [0.25, 0.3) is 0 Å². The zero-order valence-electron chi connectivity index (χ0n) is 14.2. The SMILES string of the molecule is O=C(CBr)c1ccc(OCc2ccccc2)c(OCc2ccccc2)c1. The van der Waals surface area contributed by atoms with Crippen molar-refractivity contribution < 1.29 is 14.3 Å². The second-order valence-electron chi connectivity index (χ2n) is 5.77.